The Kier molecular flexibility index (Phi) is 4.50. The Morgan fingerprint density at radius 2 is 2.33 bits per heavy atom. The Balaban J connectivity index is 3.74. The molecular formula is C7H11NO. The molecule has 0 saturated carbocycles. The van der Waals surface area contributed by atoms with Crippen LogP contribution < -0.4 is 0 Å². The molecule has 0 aliphatic heterocycles. The Labute approximate surface area is 55.6 Å². The molecule has 0 bridgehead atoms. The van der Waals surface area contributed by atoms with Crippen molar-refractivity contribution >= 4 is 6.21 Å². The quantitative estimate of drug-likeness (QED) is 0.416. The molecule has 0 aliphatic rings. The lowest BCUT2D eigenvalue weighted by atomic mass is 10.4. The zero-order chi connectivity index (χ0) is 7.11. The molecule has 0 aromatic heterocycles. The fourth-order valence-corrected chi connectivity index (χ4v) is 0.387. The number of ether oxygens (including phenoxy) is 1. The van der Waals surface area contributed by atoms with E-state index in [0.29, 0.717) is 0 Å². The first-order valence-corrected chi connectivity index (χ1v) is 2.65. The van der Waals surface area contributed by atoms with E-state index >= 15 is 0 Å². The van der Waals surface area contributed by atoms with Gasteiger partial charge in [0.05, 0.1) is 13.4 Å². The fourth-order valence-electron chi connectivity index (χ4n) is 0.387. The lowest BCUT2D eigenvalue weighted by Gasteiger charge is -1.88. The minimum absolute atomic E-state index is 0.970. The molecular weight excluding hydrogens is 114 g/mol. The van der Waals surface area contributed by atoms with E-state index in [2.05, 4.69) is 11.6 Å². The third-order valence-electron chi connectivity index (χ3n) is 0.687. The molecule has 50 valence electrons. The minimum atomic E-state index is 0.970. The molecule has 0 N–H and O–H groups in total. The van der Waals surface area contributed by atoms with Crippen LogP contribution in [0.25, 0.3) is 0 Å². The van der Waals surface area contributed by atoms with Crippen molar-refractivity contribution in [2.24, 2.45) is 4.99 Å². The van der Waals surface area contributed by atoms with Gasteiger partial charge in [-0.25, -0.2) is 0 Å². The van der Waals surface area contributed by atoms with Crippen LogP contribution in [0.5, 0.6) is 0 Å². The van der Waals surface area contributed by atoms with Crippen molar-refractivity contribution in [1.82, 2.24) is 0 Å². The fraction of sp³-hybridized carbons (Fsp3) is 0.286. The summed E-state index contributed by atoms with van der Waals surface area (Å²) >= 11 is 0. The highest BCUT2D eigenvalue weighted by molar-refractivity contribution is 5.77. The first-order valence-electron chi connectivity index (χ1n) is 2.65. The summed E-state index contributed by atoms with van der Waals surface area (Å²) in [6.45, 7) is 5.33. The van der Waals surface area contributed by atoms with Gasteiger partial charge in [0.1, 0.15) is 0 Å². The predicted octanol–water partition coefficient (Wildman–Crippen LogP) is 1.75. The summed E-state index contributed by atoms with van der Waals surface area (Å²) in [6.07, 6.45) is 4.77. The molecule has 0 heterocycles. The van der Waals surface area contributed by atoms with E-state index in [9.17, 15) is 0 Å². The third kappa shape index (κ3) is 4.81. The maximum absolute atomic E-state index is 4.71. The van der Waals surface area contributed by atoms with Crippen molar-refractivity contribution in [3.05, 3.63) is 24.6 Å². The number of hydrogen-bond donors (Lipinski definition) is 0. The number of aliphatic imine (C=N–C) groups is 1. The number of hydrogen-bond acceptors (Lipinski definition) is 2. The maximum atomic E-state index is 4.71. The van der Waals surface area contributed by atoms with E-state index in [1.165, 1.54) is 6.20 Å². The molecule has 0 saturated heterocycles. The van der Waals surface area contributed by atoms with Gasteiger partial charge in [0.25, 0.3) is 0 Å². The van der Waals surface area contributed by atoms with Gasteiger partial charge in [0.2, 0.25) is 0 Å². The Hall–Kier alpha value is -1.05. The smallest absolute Gasteiger partial charge is 0.0869 e. The first-order chi connectivity index (χ1) is 4.31. The second-order valence-electron chi connectivity index (χ2n) is 1.56. The average molecular weight is 125 g/mol. The monoisotopic (exact) mass is 125 g/mol. The van der Waals surface area contributed by atoms with E-state index in [1.807, 2.05) is 6.92 Å². The third-order valence-corrected chi connectivity index (χ3v) is 0.687. The molecule has 0 aromatic rings. The van der Waals surface area contributed by atoms with Gasteiger partial charge in [-0.3, -0.25) is 4.99 Å². The van der Waals surface area contributed by atoms with Crippen molar-refractivity contribution in [1.29, 1.82) is 0 Å². The molecule has 0 spiro atoms. The van der Waals surface area contributed by atoms with Gasteiger partial charge in [-0.1, -0.05) is 6.58 Å². The van der Waals surface area contributed by atoms with E-state index in [-0.39, 0.29) is 0 Å². The highest BCUT2D eigenvalue weighted by Gasteiger charge is 1.76. The molecule has 0 radical (unpaired) electrons. The Morgan fingerprint density at radius 1 is 1.67 bits per heavy atom. The summed E-state index contributed by atoms with van der Waals surface area (Å²) in [5.41, 5.74) is 0.970. The van der Waals surface area contributed by atoms with Gasteiger partial charge in [-0.15, -0.1) is 0 Å². The zero-order valence-corrected chi connectivity index (χ0v) is 5.79. The molecule has 0 rings (SSSR count). The van der Waals surface area contributed by atoms with Crippen LogP contribution in [0.15, 0.2) is 29.6 Å². The summed E-state index contributed by atoms with van der Waals surface area (Å²) < 4.78 is 4.71. The van der Waals surface area contributed by atoms with Crippen LogP contribution in [0.2, 0.25) is 0 Å². The van der Waals surface area contributed by atoms with Gasteiger partial charge < -0.3 is 4.74 Å². The van der Waals surface area contributed by atoms with Crippen molar-refractivity contribution in [3.8, 4) is 0 Å². The topological polar surface area (TPSA) is 21.6 Å². The van der Waals surface area contributed by atoms with Crippen LogP contribution in [0.3, 0.4) is 0 Å². The van der Waals surface area contributed by atoms with Crippen molar-refractivity contribution in [2.75, 3.05) is 7.11 Å². The van der Waals surface area contributed by atoms with Crippen LogP contribution in [0.1, 0.15) is 6.92 Å². The molecule has 0 fully saturated rings. The van der Waals surface area contributed by atoms with Gasteiger partial charge in [0.15, 0.2) is 0 Å². The maximum Gasteiger partial charge on any atom is 0.0869 e. The highest BCUT2D eigenvalue weighted by Crippen LogP contribution is 1.86. The number of methoxy groups -OCH3 is 1. The van der Waals surface area contributed by atoms with Crippen LogP contribution >= 0.6 is 0 Å². The molecule has 0 aromatic carbocycles. The van der Waals surface area contributed by atoms with Crippen molar-refractivity contribution in [3.63, 3.8) is 0 Å². The van der Waals surface area contributed by atoms with Crippen molar-refractivity contribution < 1.29 is 4.74 Å². The lowest BCUT2D eigenvalue weighted by Crippen LogP contribution is -1.77. The van der Waals surface area contributed by atoms with Crippen LogP contribution in [0.4, 0.5) is 0 Å². The molecule has 0 aliphatic carbocycles. The molecule has 9 heavy (non-hydrogen) atoms. The normalized spacial score (nSPS) is 12.0. The summed E-state index contributed by atoms with van der Waals surface area (Å²) in [5.74, 6) is 0. The zero-order valence-electron chi connectivity index (χ0n) is 5.79. The van der Waals surface area contributed by atoms with Crippen LogP contribution in [0, 0.1) is 0 Å². The number of rotatable bonds is 3. The molecule has 0 unspecified atom stereocenters. The summed E-state index contributed by atoms with van der Waals surface area (Å²) in [5, 5.41) is 0. The minimum Gasteiger partial charge on any atom is -0.504 e. The van der Waals surface area contributed by atoms with E-state index in [0.717, 1.165) is 5.57 Å². The molecule has 0 atom stereocenters. The average Bonchev–Trinajstić information content (AvgIpc) is 1.85. The number of allylic oxidation sites excluding steroid dienone is 1. The predicted molar refractivity (Wildman–Crippen MR) is 39.5 cm³/mol. The Morgan fingerprint density at radius 3 is 2.78 bits per heavy atom. The van der Waals surface area contributed by atoms with Gasteiger partial charge >= 0.3 is 0 Å². The summed E-state index contributed by atoms with van der Waals surface area (Å²) in [7, 11) is 1.60. The summed E-state index contributed by atoms with van der Waals surface area (Å²) in [4.78, 5) is 3.78. The van der Waals surface area contributed by atoms with Gasteiger partial charge in [-0.2, -0.15) is 0 Å². The van der Waals surface area contributed by atoms with Crippen LogP contribution in [-0.4, -0.2) is 13.3 Å². The van der Waals surface area contributed by atoms with E-state index in [1.54, 1.807) is 19.6 Å². The second-order valence-corrected chi connectivity index (χ2v) is 1.56. The van der Waals surface area contributed by atoms with E-state index in [4.69, 9.17) is 4.74 Å². The molecule has 2 nitrogen and oxygen atoms in total. The largest absolute Gasteiger partial charge is 0.504 e. The molecule has 2 heteroatoms. The number of nitrogens with zero attached hydrogens (tertiary/aromatic N) is 1. The standard InChI is InChI=1S/C7H11NO/c1-4-8-5-7(2)6-9-3/h4-6H,1H2,2-3H3/b7-6-,8-5?. The van der Waals surface area contributed by atoms with Gasteiger partial charge in [-0.05, 0) is 6.92 Å². The second kappa shape index (κ2) is 5.09. The highest BCUT2D eigenvalue weighted by atomic mass is 16.5. The van der Waals surface area contributed by atoms with E-state index < -0.39 is 0 Å². The van der Waals surface area contributed by atoms with Crippen molar-refractivity contribution in [2.45, 2.75) is 6.92 Å². The SMILES string of the molecule is C=CN=C/C(C)=C\OC. The van der Waals surface area contributed by atoms with Crippen LogP contribution in [-0.2, 0) is 4.74 Å². The van der Waals surface area contributed by atoms with Gasteiger partial charge in [0, 0.05) is 18.0 Å². The summed E-state index contributed by atoms with van der Waals surface area (Å²) in [6, 6.07) is 0. The lowest BCUT2D eigenvalue weighted by molar-refractivity contribution is 0.336. The molecule has 0 amide bonds. The Bertz CT molecular complexity index is 136. The first kappa shape index (κ1) is 7.95.